The summed E-state index contributed by atoms with van der Waals surface area (Å²) in [6, 6.07) is 16.7. The summed E-state index contributed by atoms with van der Waals surface area (Å²) in [4.78, 5) is 12.7. The maximum Gasteiger partial charge on any atom is 0.416 e. The number of carboxylic acid groups (broad SMARTS) is 1. The van der Waals surface area contributed by atoms with Gasteiger partial charge in [0.05, 0.1) is 17.1 Å². The summed E-state index contributed by atoms with van der Waals surface area (Å²) in [5, 5.41) is 9.22. The number of rotatable bonds is 12. The highest BCUT2D eigenvalue weighted by Gasteiger charge is 2.31. The Kier molecular flexibility index (Phi) is 9.63. The van der Waals surface area contributed by atoms with Crippen molar-refractivity contribution in [2.24, 2.45) is 0 Å². The van der Waals surface area contributed by atoms with E-state index in [0.29, 0.717) is 25.1 Å². The molecule has 0 saturated heterocycles. The fourth-order valence-corrected chi connectivity index (χ4v) is 5.36. The summed E-state index contributed by atoms with van der Waals surface area (Å²) in [6.07, 6.45) is -3.31. The van der Waals surface area contributed by atoms with Crippen LogP contribution in [-0.2, 0) is 28.0 Å². The maximum atomic E-state index is 14.4. The van der Waals surface area contributed by atoms with Crippen LogP contribution < -0.4 is 4.74 Å². The predicted octanol–water partition coefficient (Wildman–Crippen LogP) is 6.20. The molecule has 216 valence electrons. The lowest BCUT2D eigenvalue weighted by atomic mass is 9.84. The monoisotopic (exact) mass is 581 g/mol. The molecular weight excluding hydrogens is 550 g/mol. The Balaban J connectivity index is 1.77. The van der Waals surface area contributed by atoms with Gasteiger partial charge in [-0.3, -0.25) is 4.90 Å². The van der Waals surface area contributed by atoms with Gasteiger partial charge in [-0.1, -0.05) is 62.4 Å². The highest BCUT2D eigenvalue weighted by molar-refractivity contribution is 7.90. The van der Waals surface area contributed by atoms with Gasteiger partial charge in [0.2, 0.25) is 0 Å². The highest BCUT2D eigenvalue weighted by Crippen LogP contribution is 2.31. The molecule has 0 aliphatic heterocycles. The van der Waals surface area contributed by atoms with E-state index in [2.05, 4.69) is 0 Å². The van der Waals surface area contributed by atoms with Gasteiger partial charge in [0, 0.05) is 37.4 Å². The molecule has 11 heteroatoms. The second-order valence-corrected chi connectivity index (χ2v) is 12.2. The van der Waals surface area contributed by atoms with Crippen molar-refractivity contribution in [3.63, 3.8) is 0 Å². The Morgan fingerprint density at radius 3 is 2.23 bits per heavy atom. The van der Waals surface area contributed by atoms with E-state index >= 15 is 0 Å². The minimum Gasteiger partial charge on any atom is -0.493 e. The van der Waals surface area contributed by atoms with E-state index in [1.54, 1.807) is 6.07 Å². The molecule has 0 bridgehead atoms. The predicted molar refractivity (Wildman–Crippen MR) is 143 cm³/mol. The third kappa shape index (κ3) is 8.28. The number of ether oxygens (including phenoxy) is 1. The van der Waals surface area contributed by atoms with Gasteiger partial charge in [-0.2, -0.15) is 13.2 Å². The molecule has 6 nitrogen and oxygen atoms in total. The maximum absolute atomic E-state index is 14.4. The molecule has 0 amide bonds. The number of hydrogen-bond acceptors (Lipinski definition) is 5. The van der Waals surface area contributed by atoms with Crippen molar-refractivity contribution in [3.8, 4) is 5.75 Å². The average Bonchev–Trinajstić information content (AvgIpc) is 2.85. The fourth-order valence-electron chi connectivity index (χ4n) is 4.48. The largest absolute Gasteiger partial charge is 0.493 e. The highest BCUT2D eigenvalue weighted by atomic mass is 32.2. The van der Waals surface area contributed by atoms with Crippen molar-refractivity contribution < 1.29 is 40.6 Å². The first-order chi connectivity index (χ1) is 18.6. The van der Waals surface area contributed by atoms with Crippen LogP contribution in [0, 0.1) is 5.82 Å². The van der Waals surface area contributed by atoms with Crippen LogP contribution in [0.2, 0.25) is 0 Å². The Hall–Kier alpha value is -3.44. The molecule has 0 radical (unpaired) electrons. The van der Waals surface area contributed by atoms with Gasteiger partial charge >= 0.3 is 12.1 Å². The second kappa shape index (κ2) is 12.4. The molecule has 0 aliphatic rings. The molecule has 40 heavy (non-hydrogen) atoms. The molecule has 0 fully saturated rings. The molecule has 0 aromatic heterocycles. The normalized spacial score (nSPS) is 12.5. The molecular formula is C29H31F4NO5S. The van der Waals surface area contributed by atoms with Gasteiger partial charge < -0.3 is 9.84 Å². The smallest absolute Gasteiger partial charge is 0.416 e. The molecule has 0 unspecified atom stereocenters. The van der Waals surface area contributed by atoms with Crippen molar-refractivity contribution in [2.45, 2.75) is 43.3 Å². The lowest BCUT2D eigenvalue weighted by Gasteiger charge is -2.33. The number of nitrogens with zero attached hydrogens (tertiary/aromatic N) is 1. The molecule has 3 rings (SSSR count). The van der Waals surface area contributed by atoms with Crippen molar-refractivity contribution in [3.05, 3.63) is 94.8 Å². The van der Waals surface area contributed by atoms with Crippen molar-refractivity contribution in [1.82, 2.24) is 4.90 Å². The van der Waals surface area contributed by atoms with E-state index in [0.717, 1.165) is 36.1 Å². The van der Waals surface area contributed by atoms with Crippen LogP contribution in [0.25, 0.3) is 0 Å². The SMILES string of the molecule is CC(C)(CN(CCCOc1cc(F)c(C(=O)O)c(S(C)(=O)=O)c1)Cc1cccc(C(F)(F)F)c1)c1ccccc1. The van der Waals surface area contributed by atoms with Gasteiger partial charge in [0.25, 0.3) is 0 Å². The van der Waals surface area contributed by atoms with E-state index in [1.165, 1.54) is 6.07 Å². The summed E-state index contributed by atoms with van der Waals surface area (Å²) >= 11 is 0. The molecule has 0 heterocycles. The van der Waals surface area contributed by atoms with Gasteiger partial charge in [-0.05, 0) is 29.7 Å². The van der Waals surface area contributed by atoms with E-state index in [-0.39, 0.29) is 24.3 Å². The van der Waals surface area contributed by atoms with Crippen LogP contribution in [0.15, 0.2) is 71.6 Å². The van der Waals surface area contributed by atoms with Gasteiger partial charge in [0.15, 0.2) is 9.84 Å². The number of alkyl halides is 3. The number of sulfone groups is 1. The molecule has 0 atom stereocenters. The molecule has 0 aliphatic carbocycles. The third-order valence-corrected chi connectivity index (χ3v) is 7.48. The summed E-state index contributed by atoms with van der Waals surface area (Å²) in [6.45, 7) is 5.25. The van der Waals surface area contributed by atoms with Crippen LogP contribution in [-0.4, -0.2) is 50.3 Å². The molecule has 0 saturated carbocycles. The first-order valence-corrected chi connectivity index (χ1v) is 14.3. The first-order valence-electron chi connectivity index (χ1n) is 12.4. The quantitative estimate of drug-likeness (QED) is 0.203. The Labute approximate surface area is 231 Å². The lowest BCUT2D eigenvalue weighted by molar-refractivity contribution is -0.137. The second-order valence-electron chi connectivity index (χ2n) is 10.2. The topological polar surface area (TPSA) is 83.9 Å². The fraction of sp³-hybridized carbons (Fsp3) is 0.345. The van der Waals surface area contributed by atoms with Crippen LogP contribution in [0.5, 0.6) is 5.75 Å². The van der Waals surface area contributed by atoms with Crippen LogP contribution in [0.4, 0.5) is 17.6 Å². The van der Waals surface area contributed by atoms with Crippen molar-refractivity contribution in [2.75, 3.05) is 26.0 Å². The number of aromatic carboxylic acids is 1. The van der Waals surface area contributed by atoms with Gasteiger partial charge in [-0.25, -0.2) is 17.6 Å². The van der Waals surface area contributed by atoms with E-state index < -0.39 is 43.8 Å². The van der Waals surface area contributed by atoms with Gasteiger partial charge in [-0.15, -0.1) is 0 Å². The number of carboxylic acids is 1. The molecule has 3 aromatic carbocycles. The molecule has 3 aromatic rings. The first kappa shape index (κ1) is 31.1. The van der Waals surface area contributed by atoms with E-state index in [1.807, 2.05) is 49.1 Å². The molecule has 0 spiro atoms. The number of carbonyl (C=O) groups is 1. The number of hydrogen-bond donors (Lipinski definition) is 1. The van der Waals surface area contributed by atoms with Gasteiger partial charge in [0.1, 0.15) is 17.1 Å². The molecule has 1 N–H and O–H groups in total. The Bertz CT molecular complexity index is 1440. The zero-order valence-corrected chi connectivity index (χ0v) is 23.2. The summed E-state index contributed by atoms with van der Waals surface area (Å²) in [5.74, 6) is -3.09. The average molecular weight is 582 g/mol. The summed E-state index contributed by atoms with van der Waals surface area (Å²) < 4.78 is 83.9. The van der Waals surface area contributed by atoms with E-state index in [9.17, 15) is 35.9 Å². The zero-order valence-electron chi connectivity index (χ0n) is 22.3. The summed E-state index contributed by atoms with van der Waals surface area (Å²) in [5.41, 5.74) is -0.482. The third-order valence-electron chi connectivity index (χ3n) is 6.36. The van der Waals surface area contributed by atoms with Crippen LogP contribution in [0.3, 0.4) is 0 Å². The zero-order chi connectivity index (χ0) is 29.7. The summed E-state index contributed by atoms with van der Waals surface area (Å²) in [7, 11) is -4.05. The van der Waals surface area contributed by atoms with Crippen LogP contribution >= 0.6 is 0 Å². The Morgan fingerprint density at radius 1 is 0.975 bits per heavy atom. The van der Waals surface area contributed by atoms with Crippen LogP contribution in [0.1, 0.15) is 47.3 Å². The number of benzene rings is 3. The minimum absolute atomic E-state index is 0.0277. The standard InChI is InChI=1S/C29H31F4NO5S/c1-28(2,21-10-5-4-6-11-21)19-34(18-20-9-7-12-22(15-20)29(31,32)33)13-8-14-39-23-16-24(30)26(27(35)36)25(17-23)40(3,37)38/h4-7,9-12,15-17H,8,13-14,18-19H2,1-3H3,(H,35,36). The van der Waals surface area contributed by atoms with Crippen molar-refractivity contribution in [1.29, 1.82) is 0 Å². The minimum atomic E-state index is -4.46. The van der Waals surface area contributed by atoms with E-state index in [4.69, 9.17) is 4.74 Å². The number of halogens is 4. The Morgan fingerprint density at radius 2 is 1.62 bits per heavy atom. The lowest BCUT2D eigenvalue weighted by Crippen LogP contribution is -2.37. The van der Waals surface area contributed by atoms with Crippen molar-refractivity contribution >= 4 is 15.8 Å².